The Labute approximate surface area is 124 Å². The van der Waals surface area contributed by atoms with Crippen LogP contribution in [0.2, 0.25) is 0 Å². The SMILES string of the molecule is COCCOC.COCCOC.[Br][Pr]([Br])[Br]. The van der Waals surface area contributed by atoms with Crippen LogP contribution in [0.15, 0.2) is 0 Å². The fourth-order valence-electron chi connectivity index (χ4n) is 0.333. The van der Waals surface area contributed by atoms with Crippen LogP contribution >= 0.6 is 26.7 Å². The van der Waals surface area contributed by atoms with E-state index < -0.39 is 25.8 Å². The van der Waals surface area contributed by atoms with Crippen molar-refractivity contribution in [3.63, 3.8) is 0 Å². The summed E-state index contributed by atoms with van der Waals surface area (Å²) in [7, 11) is 16.6. The molecular formula is C8H20Br3O4Pr. The van der Waals surface area contributed by atoms with Gasteiger partial charge in [-0.05, 0) is 0 Å². The van der Waals surface area contributed by atoms with Gasteiger partial charge in [0.2, 0.25) is 0 Å². The molecule has 0 aliphatic heterocycles. The Morgan fingerprint density at radius 2 is 0.750 bits per heavy atom. The van der Waals surface area contributed by atoms with Gasteiger partial charge >= 0.3 is 52.5 Å². The Hall–Kier alpha value is 2.64. The molecule has 4 nitrogen and oxygen atoms in total. The first-order chi connectivity index (χ1) is 7.56. The zero-order chi connectivity index (χ0) is 13.2. The summed E-state index contributed by atoms with van der Waals surface area (Å²) in [5.74, 6) is 0. The summed E-state index contributed by atoms with van der Waals surface area (Å²) < 4.78 is 18.6. The number of rotatable bonds is 6. The first kappa shape index (κ1) is 23.7. The third-order valence-corrected chi connectivity index (χ3v) is 0.983. The van der Waals surface area contributed by atoms with Gasteiger partial charge in [0.25, 0.3) is 0 Å². The predicted molar refractivity (Wildman–Crippen MR) is 74.3 cm³/mol. The van der Waals surface area contributed by atoms with E-state index in [2.05, 4.69) is 45.7 Å². The van der Waals surface area contributed by atoms with E-state index in [1.165, 1.54) is 0 Å². The Morgan fingerprint density at radius 3 is 0.812 bits per heavy atom. The van der Waals surface area contributed by atoms with Gasteiger partial charge < -0.3 is 18.9 Å². The van der Waals surface area contributed by atoms with Gasteiger partial charge in [-0.2, -0.15) is 0 Å². The second kappa shape index (κ2) is 26.3. The summed E-state index contributed by atoms with van der Waals surface area (Å²) in [5.41, 5.74) is 0. The first-order valence-electron chi connectivity index (χ1n) is 4.44. The summed E-state index contributed by atoms with van der Waals surface area (Å²) in [4.78, 5) is 0. The molecule has 0 amide bonds. The minimum atomic E-state index is -1.28. The molecule has 100 valence electrons. The van der Waals surface area contributed by atoms with Gasteiger partial charge in [-0.15, -0.1) is 0 Å². The fourth-order valence-corrected chi connectivity index (χ4v) is 0.333. The summed E-state index contributed by atoms with van der Waals surface area (Å²) in [6.45, 7) is 2.76. The molecule has 0 aromatic rings. The van der Waals surface area contributed by atoms with E-state index in [0.29, 0.717) is 26.4 Å². The topological polar surface area (TPSA) is 36.9 Å². The van der Waals surface area contributed by atoms with Crippen LogP contribution in [0.25, 0.3) is 0 Å². The summed E-state index contributed by atoms with van der Waals surface area (Å²) in [6, 6.07) is 0. The maximum atomic E-state index is 4.66. The second-order valence-corrected chi connectivity index (χ2v) is 51.5. The van der Waals surface area contributed by atoms with Crippen molar-refractivity contribution in [1.29, 1.82) is 0 Å². The van der Waals surface area contributed by atoms with E-state index in [4.69, 9.17) is 0 Å². The van der Waals surface area contributed by atoms with Crippen LogP contribution in [0, 0.1) is 25.8 Å². The molecule has 0 unspecified atom stereocenters. The molecule has 0 aliphatic carbocycles. The zero-order valence-electron chi connectivity index (χ0n) is 10.2. The van der Waals surface area contributed by atoms with Gasteiger partial charge in [0.15, 0.2) is 0 Å². The van der Waals surface area contributed by atoms with Crippen LogP contribution in [-0.2, 0) is 18.9 Å². The molecule has 16 heavy (non-hydrogen) atoms. The van der Waals surface area contributed by atoms with Gasteiger partial charge in [-0.3, -0.25) is 0 Å². The molecular weight excluding hydrogens is 541 g/mol. The van der Waals surface area contributed by atoms with Crippen molar-refractivity contribution >= 4 is 26.7 Å². The molecule has 0 bridgehead atoms. The van der Waals surface area contributed by atoms with Crippen molar-refractivity contribution < 1.29 is 44.7 Å². The molecule has 0 saturated carbocycles. The van der Waals surface area contributed by atoms with Crippen molar-refractivity contribution in [2.75, 3.05) is 54.9 Å². The number of halogens is 3. The van der Waals surface area contributed by atoms with Crippen molar-refractivity contribution in [3.05, 3.63) is 0 Å². The van der Waals surface area contributed by atoms with E-state index in [-0.39, 0.29) is 0 Å². The number of hydrogen-bond donors (Lipinski definition) is 0. The summed E-state index contributed by atoms with van der Waals surface area (Å²) in [6.07, 6.45) is 0. The molecule has 0 radical (unpaired) electrons. The summed E-state index contributed by atoms with van der Waals surface area (Å²) in [5, 5.41) is 0. The number of hydrogen-bond acceptors (Lipinski definition) is 4. The van der Waals surface area contributed by atoms with Crippen LogP contribution in [0.1, 0.15) is 0 Å². The molecule has 0 aromatic carbocycles. The molecule has 0 aliphatic rings. The maximum absolute atomic E-state index is 4.66. The van der Waals surface area contributed by atoms with Crippen molar-refractivity contribution in [2.24, 2.45) is 0 Å². The van der Waals surface area contributed by atoms with Crippen molar-refractivity contribution in [1.82, 2.24) is 0 Å². The van der Waals surface area contributed by atoms with Gasteiger partial charge in [-0.1, -0.05) is 0 Å². The molecule has 8 heteroatoms. The Morgan fingerprint density at radius 1 is 0.625 bits per heavy atom. The van der Waals surface area contributed by atoms with E-state index in [1.54, 1.807) is 28.4 Å². The first-order valence-corrected chi connectivity index (χ1v) is 29.0. The Bertz CT molecular complexity index is 82.6. The fraction of sp³-hybridized carbons (Fsp3) is 1.00. The molecule has 0 heterocycles. The average molecular weight is 561 g/mol. The van der Waals surface area contributed by atoms with Crippen LogP contribution in [0.3, 0.4) is 0 Å². The van der Waals surface area contributed by atoms with Gasteiger partial charge in [0.05, 0.1) is 26.4 Å². The zero-order valence-corrected chi connectivity index (χ0v) is 18.6. The number of ether oxygens (including phenoxy) is 4. The second-order valence-electron chi connectivity index (χ2n) is 2.22. The predicted octanol–water partition coefficient (Wildman–Crippen LogP) is 3.10. The van der Waals surface area contributed by atoms with Crippen LogP contribution in [-0.4, -0.2) is 54.9 Å². The van der Waals surface area contributed by atoms with Gasteiger partial charge in [-0.25, -0.2) is 0 Å². The Kier molecular flexibility index (Phi) is 38.9. The minimum absolute atomic E-state index is 0.691. The quantitative estimate of drug-likeness (QED) is 0.468. The molecule has 0 rings (SSSR count). The van der Waals surface area contributed by atoms with E-state index in [9.17, 15) is 0 Å². The molecule has 0 fully saturated rings. The molecule has 0 N–H and O–H groups in total. The molecule has 0 saturated heterocycles. The standard InChI is InChI=1S/2C4H10O2.3BrH.Pr/c2*1-5-3-4-6-2;;;;/h2*3-4H2,1-2H3;3*1H;/q;;;;;+3/p-3. The molecule has 0 spiro atoms. The molecule has 0 aromatic heterocycles. The Balaban J connectivity index is -0.000000162. The molecule has 0 atom stereocenters. The van der Waals surface area contributed by atoms with E-state index in [0.717, 1.165) is 0 Å². The average Bonchev–Trinajstić information content (AvgIpc) is 2.23. The van der Waals surface area contributed by atoms with Crippen molar-refractivity contribution in [2.45, 2.75) is 0 Å². The monoisotopic (exact) mass is 558 g/mol. The van der Waals surface area contributed by atoms with Gasteiger partial charge in [0.1, 0.15) is 0 Å². The number of methoxy groups -OCH3 is 4. The van der Waals surface area contributed by atoms with Gasteiger partial charge in [0, 0.05) is 28.4 Å². The summed E-state index contributed by atoms with van der Waals surface area (Å²) >= 11 is -1.28. The van der Waals surface area contributed by atoms with Crippen LogP contribution in [0.4, 0.5) is 0 Å². The third-order valence-electron chi connectivity index (χ3n) is 0.983. The van der Waals surface area contributed by atoms with E-state index >= 15 is 0 Å². The third kappa shape index (κ3) is 54.5. The van der Waals surface area contributed by atoms with Crippen molar-refractivity contribution in [3.8, 4) is 0 Å². The normalized spacial score (nSPS) is 8.44. The van der Waals surface area contributed by atoms with Crippen LogP contribution in [0.5, 0.6) is 0 Å². The van der Waals surface area contributed by atoms with Crippen LogP contribution < -0.4 is 0 Å². The van der Waals surface area contributed by atoms with E-state index in [1.807, 2.05) is 0 Å².